The Morgan fingerprint density at radius 3 is 2.13 bits per heavy atom. The quantitative estimate of drug-likeness (QED) is 0.487. The average molecular weight is 309 g/mol. The Hall–Kier alpha value is -2.43. The van der Waals surface area contributed by atoms with Gasteiger partial charge in [-0.05, 0) is 36.0 Å². The average Bonchev–Trinajstić information content (AvgIpc) is 3.21. The molecule has 3 aliphatic rings. The largest absolute Gasteiger partial charge is 0.378 e. The molecule has 0 spiro atoms. The first-order valence-corrected chi connectivity index (χ1v) is 7.94. The van der Waals surface area contributed by atoms with Gasteiger partial charge >= 0.3 is 0 Å². The maximum atomic E-state index is 12.5. The topological polar surface area (TPSA) is 53.0 Å². The minimum atomic E-state index is -0.189. The zero-order chi connectivity index (χ0) is 16.1. The van der Waals surface area contributed by atoms with E-state index in [2.05, 4.69) is 17.3 Å². The number of fused-ring (bicyclic) bond motifs is 5. The van der Waals surface area contributed by atoms with Gasteiger partial charge in [0.05, 0.1) is 18.1 Å². The van der Waals surface area contributed by atoms with E-state index in [-0.39, 0.29) is 35.5 Å². The van der Waals surface area contributed by atoms with E-state index in [1.165, 1.54) is 0 Å². The molecule has 1 saturated heterocycles. The molecule has 1 heterocycles. The Morgan fingerprint density at radius 1 is 1.04 bits per heavy atom. The molecule has 1 aliphatic heterocycles. The smallest absolute Gasteiger partial charge is 0.254 e. The third-order valence-corrected chi connectivity index (χ3v) is 5.18. The van der Waals surface area contributed by atoms with Gasteiger partial charge in [0.2, 0.25) is 0 Å². The van der Waals surface area contributed by atoms with Crippen LogP contribution in [0, 0.1) is 23.7 Å². The fourth-order valence-corrected chi connectivity index (χ4v) is 3.98. The van der Waals surface area contributed by atoms with Gasteiger partial charge in [-0.15, -0.1) is 0 Å². The highest BCUT2D eigenvalue weighted by Gasteiger charge is 2.59. The summed E-state index contributed by atoms with van der Waals surface area (Å²) >= 11 is 0. The summed E-state index contributed by atoms with van der Waals surface area (Å²) in [5.41, 5.74) is 1.96. The molecule has 2 fully saturated rings. The molecular formula is C18H19N3O2. The molecule has 1 aromatic rings. The molecule has 5 heteroatoms. The number of imide groups is 1. The number of carbonyl (C=O) groups is 2. The lowest BCUT2D eigenvalue weighted by molar-refractivity contribution is -0.140. The van der Waals surface area contributed by atoms with Crippen LogP contribution in [0.3, 0.4) is 0 Å². The molecule has 5 nitrogen and oxygen atoms in total. The van der Waals surface area contributed by atoms with Crippen molar-refractivity contribution in [3.63, 3.8) is 0 Å². The van der Waals surface area contributed by atoms with Crippen LogP contribution in [0.1, 0.15) is 12.0 Å². The lowest BCUT2D eigenvalue weighted by Gasteiger charge is -2.13. The van der Waals surface area contributed by atoms with E-state index < -0.39 is 0 Å². The summed E-state index contributed by atoms with van der Waals surface area (Å²) in [7, 11) is 3.96. The highest BCUT2D eigenvalue weighted by Crippen LogP contribution is 2.52. The Balaban J connectivity index is 1.53. The minimum absolute atomic E-state index is 0.141. The molecule has 0 unspecified atom stereocenters. The Labute approximate surface area is 135 Å². The fraction of sp³-hybridized carbons (Fsp3) is 0.389. The zero-order valence-corrected chi connectivity index (χ0v) is 13.2. The van der Waals surface area contributed by atoms with Gasteiger partial charge in [-0.3, -0.25) is 9.59 Å². The van der Waals surface area contributed by atoms with E-state index in [9.17, 15) is 9.59 Å². The zero-order valence-electron chi connectivity index (χ0n) is 13.2. The molecular weight excluding hydrogens is 290 g/mol. The number of anilines is 1. The Morgan fingerprint density at radius 2 is 1.61 bits per heavy atom. The Kier molecular flexibility index (Phi) is 3.11. The van der Waals surface area contributed by atoms with Crippen LogP contribution in [0.2, 0.25) is 0 Å². The molecule has 1 saturated carbocycles. The van der Waals surface area contributed by atoms with Gasteiger partial charge < -0.3 is 4.90 Å². The van der Waals surface area contributed by atoms with E-state index in [1.807, 2.05) is 43.3 Å². The molecule has 1 aromatic carbocycles. The predicted molar refractivity (Wildman–Crippen MR) is 87.9 cm³/mol. The highest BCUT2D eigenvalue weighted by molar-refractivity contribution is 6.06. The second kappa shape index (κ2) is 5.05. The summed E-state index contributed by atoms with van der Waals surface area (Å²) < 4.78 is 0. The van der Waals surface area contributed by atoms with Gasteiger partial charge in [0, 0.05) is 19.8 Å². The number of carbonyl (C=O) groups excluding carboxylic acids is 2. The maximum Gasteiger partial charge on any atom is 0.254 e. The van der Waals surface area contributed by atoms with Crippen molar-refractivity contribution in [3.05, 3.63) is 42.0 Å². The summed E-state index contributed by atoms with van der Waals surface area (Å²) in [6.45, 7) is 0. The number of amides is 2. The van der Waals surface area contributed by atoms with Gasteiger partial charge in [-0.1, -0.05) is 24.3 Å². The van der Waals surface area contributed by atoms with Crippen molar-refractivity contribution in [1.29, 1.82) is 0 Å². The molecule has 23 heavy (non-hydrogen) atoms. The number of hydrazone groups is 1. The van der Waals surface area contributed by atoms with Gasteiger partial charge in [0.15, 0.2) is 0 Å². The highest BCUT2D eigenvalue weighted by atomic mass is 16.2. The van der Waals surface area contributed by atoms with Crippen LogP contribution in [-0.4, -0.2) is 37.1 Å². The number of nitrogens with zero attached hydrogens (tertiary/aromatic N) is 3. The molecule has 4 rings (SSSR count). The molecule has 0 N–H and O–H groups in total. The lowest BCUT2D eigenvalue weighted by Crippen LogP contribution is -2.28. The van der Waals surface area contributed by atoms with Crippen LogP contribution in [0.5, 0.6) is 0 Å². The molecule has 2 bridgehead atoms. The van der Waals surface area contributed by atoms with Crippen molar-refractivity contribution in [2.75, 3.05) is 19.0 Å². The van der Waals surface area contributed by atoms with Crippen molar-refractivity contribution in [3.8, 4) is 0 Å². The molecule has 2 aliphatic carbocycles. The summed E-state index contributed by atoms with van der Waals surface area (Å²) in [6.07, 6.45) is 6.70. The summed E-state index contributed by atoms with van der Waals surface area (Å²) in [4.78, 5) is 27.0. The van der Waals surface area contributed by atoms with Crippen molar-refractivity contribution in [2.24, 2.45) is 28.8 Å². The number of hydrogen-bond donors (Lipinski definition) is 0. The summed E-state index contributed by atoms with van der Waals surface area (Å²) in [5.74, 6) is -0.213. The normalized spacial score (nSPS) is 31.5. The van der Waals surface area contributed by atoms with Gasteiger partial charge in [0.25, 0.3) is 11.8 Å². The van der Waals surface area contributed by atoms with Crippen LogP contribution in [0.15, 0.2) is 41.5 Å². The molecule has 0 radical (unpaired) electrons. The maximum absolute atomic E-state index is 12.5. The number of rotatable bonds is 3. The van der Waals surface area contributed by atoms with Crippen LogP contribution in [0.4, 0.5) is 5.69 Å². The van der Waals surface area contributed by atoms with Crippen LogP contribution in [0.25, 0.3) is 0 Å². The van der Waals surface area contributed by atoms with Gasteiger partial charge in [-0.2, -0.15) is 10.1 Å². The second-order valence-electron chi connectivity index (χ2n) is 6.72. The number of benzene rings is 1. The van der Waals surface area contributed by atoms with Gasteiger partial charge in [0.1, 0.15) is 0 Å². The Bertz CT molecular complexity index is 690. The van der Waals surface area contributed by atoms with Crippen LogP contribution < -0.4 is 4.90 Å². The predicted octanol–water partition coefficient (Wildman–Crippen LogP) is 1.89. The number of allylic oxidation sites excluding steroid dienone is 2. The lowest BCUT2D eigenvalue weighted by atomic mass is 9.85. The standard InChI is InChI=1S/C18H19N3O2/c1-20(2)14-7-3-11(4-8-14)10-19-21-17(22)15-12-5-6-13(9-12)16(15)18(21)23/h3-8,10,12-13,15-16H,9H2,1-2H3/b19-10-/t12-,13-,15+,16+/m0/s1. The van der Waals surface area contributed by atoms with Crippen molar-refractivity contribution >= 4 is 23.7 Å². The van der Waals surface area contributed by atoms with E-state index in [1.54, 1.807) is 6.21 Å². The third-order valence-electron chi connectivity index (χ3n) is 5.18. The summed E-state index contributed by atoms with van der Waals surface area (Å²) in [5, 5.41) is 5.26. The third kappa shape index (κ3) is 2.11. The van der Waals surface area contributed by atoms with E-state index in [4.69, 9.17) is 0 Å². The van der Waals surface area contributed by atoms with E-state index in [0.29, 0.717) is 0 Å². The van der Waals surface area contributed by atoms with Crippen LogP contribution >= 0.6 is 0 Å². The van der Waals surface area contributed by atoms with E-state index >= 15 is 0 Å². The first-order valence-electron chi connectivity index (χ1n) is 7.94. The monoisotopic (exact) mass is 309 g/mol. The fourth-order valence-electron chi connectivity index (χ4n) is 3.98. The van der Waals surface area contributed by atoms with Crippen molar-refractivity contribution in [1.82, 2.24) is 5.01 Å². The number of hydrogen-bond acceptors (Lipinski definition) is 4. The molecule has 4 atom stereocenters. The summed E-state index contributed by atoms with van der Waals surface area (Å²) in [6, 6.07) is 7.81. The first-order chi connectivity index (χ1) is 11.1. The van der Waals surface area contributed by atoms with Crippen LogP contribution in [-0.2, 0) is 9.59 Å². The molecule has 0 aromatic heterocycles. The molecule has 2 amide bonds. The molecule has 118 valence electrons. The SMILES string of the molecule is CN(C)c1ccc(/C=N\N2C(=O)[C@H]3[C@H](C2=O)[C@H]2C=C[C@H]3C2)cc1. The van der Waals surface area contributed by atoms with E-state index in [0.717, 1.165) is 22.7 Å². The second-order valence-corrected chi connectivity index (χ2v) is 6.72. The minimum Gasteiger partial charge on any atom is -0.378 e. The first kappa shape index (κ1) is 14.2. The van der Waals surface area contributed by atoms with Crippen molar-refractivity contribution < 1.29 is 9.59 Å². The van der Waals surface area contributed by atoms with Crippen molar-refractivity contribution in [2.45, 2.75) is 6.42 Å². The van der Waals surface area contributed by atoms with Gasteiger partial charge in [-0.25, -0.2) is 0 Å².